The van der Waals surface area contributed by atoms with E-state index in [-0.39, 0.29) is 12.7 Å². The molecule has 6 nitrogen and oxygen atoms in total. The molecular weight excluding hydrogens is 380 g/mol. The minimum absolute atomic E-state index is 0.172. The highest BCUT2D eigenvalue weighted by atomic mass is 16.7. The number of amides is 1. The predicted octanol–water partition coefficient (Wildman–Crippen LogP) is 5.60. The average molecular weight is 400 g/mol. The van der Waals surface area contributed by atoms with Gasteiger partial charge in [-0.3, -0.25) is 4.79 Å². The Bertz CT molecular complexity index is 1260. The molecule has 30 heavy (non-hydrogen) atoms. The van der Waals surface area contributed by atoms with E-state index in [1.807, 2.05) is 30.3 Å². The van der Waals surface area contributed by atoms with Gasteiger partial charge in [0.05, 0.1) is 0 Å². The molecule has 1 amide bonds. The standard InChI is InChI=1S/C24H20N2O4/c1-14(2)15-6-8-20-19(11-15)26-24(30-20)17-4-3-5-18(10-17)25-23(27)16-7-9-21-22(12-16)29-13-28-21/h3-12,14H,13H2,1-2H3,(H,25,27). The highest BCUT2D eigenvalue weighted by Crippen LogP contribution is 2.33. The number of oxazole rings is 1. The zero-order valence-electron chi connectivity index (χ0n) is 16.6. The van der Waals surface area contributed by atoms with Crippen LogP contribution in [0.4, 0.5) is 5.69 Å². The third-order valence-corrected chi connectivity index (χ3v) is 5.08. The Kier molecular flexibility index (Phi) is 4.39. The fraction of sp³-hybridized carbons (Fsp3) is 0.167. The highest BCUT2D eigenvalue weighted by molar-refractivity contribution is 6.05. The zero-order valence-corrected chi connectivity index (χ0v) is 16.6. The summed E-state index contributed by atoms with van der Waals surface area (Å²) in [4.78, 5) is 17.3. The largest absolute Gasteiger partial charge is 0.454 e. The van der Waals surface area contributed by atoms with Crippen LogP contribution in [-0.4, -0.2) is 17.7 Å². The number of ether oxygens (including phenoxy) is 2. The molecule has 0 saturated carbocycles. The summed E-state index contributed by atoms with van der Waals surface area (Å²) in [5, 5.41) is 2.91. The monoisotopic (exact) mass is 400 g/mol. The van der Waals surface area contributed by atoms with Crippen LogP contribution in [0.3, 0.4) is 0 Å². The third-order valence-electron chi connectivity index (χ3n) is 5.08. The minimum Gasteiger partial charge on any atom is -0.454 e. The maximum Gasteiger partial charge on any atom is 0.255 e. The van der Waals surface area contributed by atoms with Crippen LogP contribution in [0.5, 0.6) is 11.5 Å². The van der Waals surface area contributed by atoms with Gasteiger partial charge in [0.15, 0.2) is 17.1 Å². The molecule has 150 valence electrons. The molecule has 0 unspecified atom stereocenters. The molecule has 0 spiro atoms. The molecule has 0 aliphatic carbocycles. The first-order valence-corrected chi connectivity index (χ1v) is 9.79. The number of hydrogen-bond donors (Lipinski definition) is 1. The molecule has 6 heteroatoms. The molecule has 4 aromatic rings. The predicted molar refractivity (Wildman–Crippen MR) is 114 cm³/mol. The zero-order chi connectivity index (χ0) is 20.7. The number of nitrogens with one attached hydrogen (secondary N) is 1. The van der Waals surface area contributed by atoms with Gasteiger partial charge < -0.3 is 19.2 Å². The number of carbonyl (C=O) groups is 1. The Labute approximate surface area is 173 Å². The smallest absolute Gasteiger partial charge is 0.255 e. The Balaban J connectivity index is 1.40. The van der Waals surface area contributed by atoms with Gasteiger partial charge in [-0.25, -0.2) is 4.98 Å². The molecule has 1 aliphatic heterocycles. The van der Waals surface area contributed by atoms with Crippen LogP contribution in [0, 0.1) is 0 Å². The molecular formula is C24H20N2O4. The van der Waals surface area contributed by atoms with Crippen molar-refractivity contribution in [3.05, 3.63) is 71.8 Å². The van der Waals surface area contributed by atoms with Crippen LogP contribution in [-0.2, 0) is 0 Å². The number of anilines is 1. The molecule has 0 bridgehead atoms. The van der Waals surface area contributed by atoms with Gasteiger partial charge in [0.2, 0.25) is 12.7 Å². The second-order valence-corrected chi connectivity index (χ2v) is 7.50. The fourth-order valence-electron chi connectivity index (χ4n) is 3.40. The SMILES string of the molecule is CC(C)c1ccc2oc(-c3cccc(NC(=O)c4ccc5c(c4)OCO5)c3)nc2c1. The first-order chi connectivity index (χ1) is 14.6. The molecule has 0 fully saturated rings. The van der Waals surface area contributed by atoms with E-state index in [0.29, 0.717) is 34.6 Å². The summed E-state index contributed by atoms with van der Waals surface area (Å²) in [6.07, 6.45) is 0. The summed E-state index contributed by atoms with van der Waals surface area (Å²) in [6, 6.07) is 18.6. The Hall–Kier alpha value is -3.80. The van der Waals surface area contributed by atoms with Crippen LogP contribution in [0.15, 0.2) is 65.1 Å². The summed E-state index contributed by atoms with van der Waals surface area (Å²) in [5.74, 6) is 1.92. The van der Waals surface area contributed by atoms with Gasteiger partial charge in [-0.05, 0) is 60.0 Å². The lowest BCUT2D eigenvalue weighted by Gasteiger charge is -2.07. The van der Waals surface area contributed by atoms with Crippen molar-refractivity contribution < 1.29 is 18.7 Å². The molecule has 1 N–H and O–H groups in total. The molecule has 1 aromatic heterocycles. The van der Waals surface area contributed by atoms with Crippen molar-refractivity contribution in [2.45, 2.75) is 19.8 Å². The van der Waals surface area contributed by atoms with Gasteiger partial charge >= 0.3 is 0 Å². The van der Waals surface area contributed by atoms with E-state index in [2.05, 4.69) is 36.3 Å². The Morgan fingerprint density at radius 2 is 1.87 bits per heavy atom. The molecule has 3 aromatic carbocycles. The second kappa shape index (κ2) is 7.22. The molecule has 5 rings (SSSR count). The lowest BCUT2D eigenvalue weighted by molar-refractivity contribution is 0.102. The minimum atomic E-state index is -0.232. The van der Waals surface area contributed by atoms with Crippen LogP contribution >= 0.6 is 0 Å². The van der Waals surface area contributed by atoms with E-state index in [4.69, 9.17) is 13.9 Å². The van der Waals surface area contributed by atoms with E-state index < -0.39 is 0 Å². The first-order valence-electron chi connectivity index (χ1n) is 9.79. The Morgan fingerprint density at radius 1 is 1.00 bits per heavy atom. The first kappa shape index (κ1) is 18.2. The molecule has 0 atom stereocenters. The number of aromatic nitrogens is 1. The van der Waals surface area contributed by atoms with Crippen molar-refractivity contribution in [2.24, 2.45) is 0 Å². The molecule has 2 heterocycles. The topological polar surface area (TPSA) is 73.6 Å². The van der Waals surface area contributed by atoms with Crippen molar-refractivity contribution in [2.75, 3.05) is 12.1 Å². The van der Waals surface area contributed by atoms with Crippen molar-refractivity contribution in [3.63, 3.8) is 0 Å². The van der Waals surface area contributed by atoms with E-state index >= 15 is 0 Å². The van der Waals surface area contributed by atoms with Gasteiger partial charge in [-0.15, -0.1) is 0 Å². The summed E-state index contributed by atoms with van der Waals surface area (Å²) >= 11 is 0. The summed E-state index contributed by atoms with van der Waals surface area (Å²) < 4.78 is 16.6. The van der Waals surface area contributed by atoms with Crippen molar-refractivity contribution in [3.8, 4) is 23.0 Å². The number of hydrogen-bond acceptors (Lipinski definition) is 5. The van der Waals surface area contributed by atoms with Gasteiger partial charge in [-0.1, -0.05) is 26.0 Å². The lowest BCUT2D eigenvalue weighted by Crippen LogP contribution is -2.11. The van der Waals surface area contributed by atoms with E-state index in [0.717, 1.165) is 16.7 Å². The van der Waals surface area contributed by atoms with Crippen molar-refractivity contribution in [1.29, 1.82) is 0 Å². The second-order valence-electron chi connectivity index (χ2n) is 7.50. The van der Waals surface area contributed by atoms with E-state index in [1.165, 1.54) is 5.56 Å². The van der Waals surface area contributed by atoms with Gasteiger partial charge in [0.1, 0.15) is 5.52 Å². The number of nitrogens with zero attached hydrogens (tertiary/aromatic N) is 1. The number of benzene rings is 3. The number of fused-ring (bicyclic) bond motifs is 2. The quantitative estimate of drug-likeness (QED) is 0.483. The average Bonchev–Trinajstić information content (AvgIpc) is 3.39. The van der Waals surface area contributed by atoms with Crippen molar-refractivity contribution >= 4 is 22.7 Å². The van der Waals surface area contributed by atoms with Gasteiger partial charge in [0.25, 0.3) is 5.91 Å². The Morgan fingerprint density at radius 3 is 2.73 bits per heavy atom. The maximum absolute atomic E-state index is 12.7. The van der Waals surface area contributed by atoms with Crippen molar-refractivity contribution in [1.82, 2.24) is 4.98 Å². The van der Waals surface area contributed by atoms with E-state index in [1.54, 1.807) is 18.2 Å². The van der Waals surface area contributed by atoms with E-state index in [9.17, 15) is 4.79 Å². The molecule has 0 saturated heterocycles. The van der Waals surface area contributed by atoms with Crippen LogP contribution < -0.4 is 14.8 Å². The molecule has 1 aliphatic rings. The number of carbonyl (C=O) groups excluding carboxylic acids is 1. The summed E-state index contributed by atoms with van der Waals surface area (Å²) in [5.41, 5.74) is 4.72. The summed E-state index contributed by atoms with van der Waals surface area (Å²) in [6.45, 7) is 4.47. The fourth-order valence-corrected chi connectivity index (χ4v) is 3.40. The van der Waals surface area contributed by atoms with Crippen LogP contribution in [0.2, 0.25) is 0 Å². The molecule has 0 radical (unpaired) electrons. The normalized spacial score (nSPS) is 12.5. The lowest BCUT2D eigenvalue weighted by atomic mass is 10.0. The van der Waals surface area contributed by atoms with Gasteiger partial charge in [0, 0.05) is 16.8 Å². The third kappa shape index (κ3) is 3.37. The number of rotatable bonds is 4. The van der Waals surface area contributed by atoms with Crippen LogP contribution in [0.25, 0.3) is 22.6 Å². The summed E-state index contributed by atoms with van der Waals surface area (Å²) in [7, 11) is 0. The van der Waals surface area contributed by atoms with Crippen LogP contribution in [0.1, 0.15) is 35.7 Å². The maximum atomic E-state index is 12.7. The highest BCUT2D eigenvalue weighted by Gasteiger charge is 2.17. The van der Waals surface area contributed by atoms with Gasteiger partial charge in [-0.2, -0.15) is 0 Å².